The molecule has 2 N–H and O–H groups in total. The van der Waals surface area contributed by atoms with E-state index in [1.807, 2.05) is 11.0 Å². The van der Waals surface area contributed by atoms with Crippen LogP contribution in [0.3, 0.4) is 0 Å². The van der Waals surface area contributed by atoms with Gasteiger partial charge in [0.25, 0.3) is 0 Å². The fraction of sp³-hybridized carbons (Fsp3) is 0.611. The molecule has 1 amide bonds. The molecule has 1 fully saturated rings. The van der Waals surface area contributed by atoms with Gasteiger partial charge in [0.05, 0.1) is 0 Å². The van der Waals surface area contributed by atoms with Gasteiger partial charge >= 0.3 is 0 Å². The first kappa shape index (κ1) is 19.9. The minimum absolute atomic E-state index is 0. The average molecular weight is 343 g/mol. The lowest BCUT2D eigenvalue weighted by Gasteiger charge is -2.25. The van der Waals surface area contributed by atoms with Crippen LogP contribution >= 0.6 is 12.4 Å². The SMILES string of the molecule is Cl.NCCCCCCC(=O)N1CCCC1Cc1cccc(F)c1. The molecule has 1 aliphatic heterocycles. The lowest BCUT2D eigenvalue weighted by atomic mass is 10.0. The third-order valence-electron chi connectivity index (χ3n) is 4.40. The predicted octanol–water partition coefficient (Wildman–Crippen LogP) is 3.69. The van der Waals surface area contributed by atoms with Crippen molar-refractivity contribution in [1.82, 2.24) is 4.90 Å². The van der Waals surface area contributed by atoms with Gasteiger partial charge in [0.15, 0.2) is 0 Å². The number of nitrogens with two attached hydrogens (primary N) is 1. The van der Waals surface area contributed by atoms with Crippen molar-refractivity contribution in [2.24, 2.45) is 5.73 Å². The number of hydrogen-bond acceptors (Lipinski definition) is 2. The van der Waals surface area contributed by atoms with E-state index >= 15 is 0 Å². The molecule has 1 aromatic carbocycles. The zero-order valence-corrected chi connectivity index (χ0v) is 14.5. The summed E-state index contributed by atoms with van der Waals surface area (Å²) in [4.78, 5) is 14.4. The Kier molecular flexibility index (Phi) is 9.19. The van der Waals surface area contributed by atoms with Gasteiger partial charge < -0.3 is 10.6 Å². The molecule has 1 atom stereocenters. The fourth-order valence-electron chi connectivity index (χ4n) is 3.23. The fourth-order valence-corrected chi connectivity index (χ4v) is 3.23. The van der Waals surface area contributed by atoms with Crippen LogP contribution in [0, 0.1) is 5.82 Å². The lowest BCUT2D eigenvalue weighted by Crippen LogP contribution is -2.36. The number of nitrogens with zero attached hydrogens (tertiary/aromatic N) is 1. The van der Waals surface area contributed by atoms with E-state index in [4.69, 9.17) is 5.73 Å². The highest BCUT2D eigenvalue weighted by molar-refractivity contribution is 5.85. The van der Waals surface area contributed by atoms with E-state index in [0.717, 1.165) is 63.6 Å². The lowest BCUT2D eigenvalue weighted by molar-refractivity contribution is -0.132. The van der Waals surface area contributed by atoms with Crippen LogP contribution in [0.15, 0.2) is 24.3 Å². The van der Waals surface area contributed by atoms with Gasteiger partial charge in [0.1, 0.15) is 5.82 Å². The van der Waals surface area contributed by atoms with Gasteiger partial charge in [0, 0.05) is 19.0 Å². The summed E-state index contributed by atoms with van der Waals surface area (Å²) in [6.45, 7) is 1.58. The molecular weight excluding hydrogens is 315 g/mol. The maximum absolute atomic E-state index is 13.3. The van der Waals surface area contributed by atoms with Crippen LogP contribution in [0.2, 0.25) is 0 Å². The molecule has 1 aliphatic rings. The third kappa shape index (κ3) is 6.48. The highest BCUT2D eigenvalue weighted by Gasteiger charge is 2.28. The zero-order valence-electron chi connectivity index (χ0n) is 13.7. The van der Waals surface area contributed by atoms with E-state index in [-0.39, 0.29) is 30.2 Å². The van der Waals surface area contributed by atoms with E-state index < -0.39 is 0 Å². The Hall–Kier alpha value is -1.13. The van der Waals surface area contributed by atoms with Crippen molar-refractivity contribution < 1.29 is 9.18 Å². The quantitative estimate of drug-likeness (QED) is 0.732. The molecule has 23 heavy (non-hydrogen) atoms. The first-order valence-corrected chi connectivity index (χ1v) is 8.44. The number of rotatable bonds is 8. The van der Waals surface area contributed by atoms with Crippen LogP contribution in [0.1, 0.15) is 50.5 Å². The van der Waals surface area contributed by atoms with E-state index in [1.165, 1.54) is 6.07 Å². The van der Waals surface area contributed by atoms with Crippen molar-refractivity contribution in [1.29, 1.82) is 0 Å². The first-order valence-electron chi connectivity index (χ1n) is 8.44. The number of halogens is 2. The Bertz CT molecular complexity index is 484. The molecule has 0 aliphatic carbocycles. The summed E-state index contributed by atoms with van der Waals surface area (Å²) in [5.41, 5.74) is 6.45. The Morgan fingerprint density at radius 3 is 2.78 bits per heavy atom. The molecule has 1 heterocycles. The largest absolute Gasteiger partial charge is 0.339 e. The monoisotopic (exact) mass is 342 g/mol. The van der Waals surface area contributed by atoms with E-state index in [2.05, 4.69) is 0 Å². The standard InChI is InChI=1S/C18H27FN2O.ClH/c19-16-8-5-7-15(13-16)14-17-9-6-12-21(17)18(22)10-3-1-2-4-11-20;/h5,7-8,13,17H,1-4,6,9-12,14,20H2;1H. The maximum Gasteiger partial charge on any atom is 0.222 e. The van der Waals surface area contributed by atoms with Crippen LogP contribution in [-0.4, -0.2) is 29.9 Å². The second-order valence-corrected chi connectivity index (χ2v) is 6.17. The normalized spacial score (nSPS) is 17.1. The number of amides is 1. The minimum atomic E-state index is -0.201. The van der Waals surface area contributed by atoms with Gasteiger partial charge in [-0.2, -0.15) is 0 Å². The molecule has 2 rings (SSSR count). The van der Waals surface area contributed by atoms with Gasteiger partial charge in [-0.3, -0.25) is 4.79 Å². The van der Waals surface area contributed by atoms with Crippen LogP contribution in [0.25, 0.3) is 0 Å². The molecule has 130 valence electrons. The maximum atomic E-state index is 13.3. The number of carbonyl (C=O) groups excluding carboxylic acids is 1. The Morgan fingerprint density at radius 1 is 1.26 bits per heavy atom. The number of likely N-dealkylation sites (tertiary alicyclic amines) is 1. The van der Waals surface area contributed by atoms with E-state index in [9.17, 15) is 9.18 Å². The van der Waals surface area contributed by atoms with Crippen LogP contribution < -0.4 is 5.73 Å². The van der Waals surface area contributed by atoms with Gasteiger partial charge in [-0.25, -0.2) is 4.39 Å². The molecule has 3 nitrogen and oxygen atoms in total. The smallest absolute Gasteiger partial charge is 0.222 e. The van der Waals surface area contributed by atoms with Gasteiger partial charge in [-0.1, -0.05) is 25.0 Å². The molecule has 0 bridgehead atoms. The molecule has 1 saturated heterocycles. The van der Waals surface area contributed by atoms with Crippen molar-refractivity contribution in [3.63, 3.8) is 0 Å². The van der Waals surface area contributed by atoms with E-state index in [1.54, 1.807) is 12.1 Å². The second kappa shape index (κ2) is 10.6. The minimum Gasteiger partial charge on any atom is -0.339 e. The summed E-state index contributed by atoms with van der Waals surface area (Å²) in [5.74, 6) is 0.0555. The van der Waals surface area contributed by atoms with Crippen LogP contribution in [-0.2, 0) is 11.2 Å². The summed E-state index contributed by atoms with van der Waals surface area (Å²) in [6, 6.07) is 6.95. The first-order chi connectivity index (χ1) is 10.7. The molecule has 0 saturated carbocycles. The summed E-state index contributed by atoms with van der Waals surface area (Å²) in [7, 11) is 0. The molecule has 1 unspecified atom stereocenters. The van der Waals surface area contributed by atoms with Crippen molar-refractivity contribution in [3.05, 3.63) is 35.6 Å². The topological polar surface area (TPSA) is 46.3 Å². The molecular formula is C18H28ClFN2O. The summed E-state index contributed by atoms with van der Waals surface area (Å²) < 4.78 is 13.3. The van der Waals surface area contributed by atoms with Gasteiger partial charge in [-0.05, 0) is 56.3 Å². The summed E-state index contributed by atoms with van der Waals surface area (Å²) >= 11 is 0. The zero-order chi connectivity index (χ0) is 15.8. The number of hydrogen-bond donors (Lipinski definition) is 1. The van der Waals surface area contributed by atoms with Crippen molar-refractivity contribution in [2.45, 2.75) is 57.4 Å². The Morgan fingerprint density at radius 2 is 2.04 bits per heavy atom. The van der Waals surface area contributed by atoms with E-state index in [0.29, 0.717) is 6.42 Å². The molecule has 0 radical (unpaired) electrons. The summed E-state index contributed by atoms with van der Waals surface area (Å²) in [5, 5.41) is 0. The summed E-state index contributed by atoms with van der Waals surface area (Å²) in [6.07, 6.45) is 7.64. The van der Waals surface area contributed by atoms with Gasteiger partial charge in [0.2, 0.25) is 5.91 Å². The van der Waals surface area contributed by atoms with Crippen LogP contribution in [0.5, 0.6) is 0 Å². The number of benzene rings is 1. The second-order valence-electron chi connectivity index (χ2n) is 6.17. The molecule has 5 heteroatoms. The highest BCUT2D eigenvalue weighted by Crippen LogP contribution is 2.23. The highest BCUT2D eigenvalue weighted by atomic mass is 35.5. The van der Waals surface area contributed by atoms with Crippen LogP contribution in [0.4, 0.5) is 4.39 Å². The van der Waals surface area contributed by atoms with Gasteiger partial charge in [-0.15, -0.1) is 12.4 Å². The average Bonchev–Trinajstić information content (AvgIpc) is 2.95. The predicted molar refractivity (Wildman–Crippen MR) is 94.2 cm³/mol. The van der Waals surface area contributed by atoms with Crippen molar-refractivity contribution in [2.75, 3.05) is 13.1 Å². The molecule has 0 spiro atoms. The molecule has 1 aromatic rings. The molecule has 0 aromatic heterocycles. The number of unbranched alkanes of at least 4 members (excludes halogenated alkanes) is 3. The Balaban J connectivity index is 0.00000264. The number of carbonyl (C=O) groups is 1. The Labute approximate surface area is 144 Å². The third-order valence-corrected chi connectivity index (χ3v) is 4.40. The van der Waals surface area contributed by atoms with Crippen molar-refractivity contribution in [3.8, 4) is 0 Å². The van der Waals surface area contributed by atoms with Crippen molar-refractivity contribution >= 4 is 18.3 Å².